The molecule has 0 spiro atoms. The number of para-hydroxylation sites is 1. The Kier molecular flexibility index (Phi) is 6.15. The predicted molar refractivity (Wildman–Crippen MR) is 94.9 cm³/mol. The maximum absolute atomic E-state index is 11.1. The number of aliphatic hydroxyl groups excluding tert-OH is 1. The minimum absolute atomic E-state index is 0.194. The Morgan fingerprint density at radius 3 is 2.74 bits per heavy atom. The molecule has 2 aromatic rings. The summed E-state index contributed by atoms with van der Waals surface area (Å²) in [4.78, 5) is 11.8. The first-order valence-electron chi connectivity index (χ1n) is 7.56. The van der Waals surface area contributed by atoms with Crippen LogP contribution in [-0.2, 0) is 0 Å². The molecule has 6 heteroatoms. The molecule has 0 bridgehead atoms. The van der Waals surface area contributed by atoms with Crippen LogP contribution in [0.5, 0.6) is 0 Å². The Morgan fingerprint density at radius 1 is 1.35 bits per heavy atom. The molecular formula is C17H23N3O2S. The molecule has 0 aliphatic heterocycles. The highest BCUT2D eigenvalue weighted by Gasteiger charge is 2.13. The Balaban J connectivity index is 1.78. The van der Waals surface area contributed by atoms with Gasteiger partial charge < -0.3 is 21.5 Å². The van der Waals surface area contributed by atoms with Gasteiger partial charge in [0.2, 0.25) is 5.91 Å². The van der Waals surface area contributed by atoms with E-state index in [0.717, 1.165) is 17.1 Å². The fourth-order valence-corrected chi connectivity index (χ4v) is 3.06. The molecule has 0 saturated heterocycles. The highest BCUT2D eigenvalue weighted by Crippen LogP contribution is 2.21. The van der Waals surface area contributed by atoms with Crippen molar-refractivity contribution in [1.29, 1.82) is 0 Å². The molecule has 1 amide bonds. The normalized spacial score (nSPS) is 13.5. The molecule has 1 heterocycles. The van der Waals surface area contributed by atoms with Crippen molar-refractivity contribution in [3.05, 3.63) is 51.7 Å². The lowest BCUT2D eigenvalue weighted by Gasteiger charge is -2.18. The van der Waals surface area contributed by atoms with E-state index >= 15 is 0 Å². The summed E-state index contributed by atoms with van der Waals surface area (Å²) in [6.45, 7) is 5.31. The molecule has 1 aromatic carbocycles. The molecule has 124 valence electrons. The molecule has 0 fully saturated rings. The van der Waals surface area contributed by atoms with Crippen LogP contribution in [0.2, 0.25) is 0 Å². The third-order valence-electron chi connectivity index (χ3n) is 3.64. The van der Waals surface area contributed by atoms with Gasteiger partial charge in [-0.15, -0.1) is 11.3 Å². The molecule has 2 unspecified atom stereocenters. The maximum atomic E-state index is 11.1. The number of carbonyl (C=O) groups is 1. The Bertz CT molecular complexity index is 657. The molecular weight excluding hydrogens is 310 g/mol. The number of anilines is 1. The minimum Gasteiger partial charge on any atom is -0.386 e. The molecule has 1 aromatic heterocycles. The van der Waals surface area contributed by atoms with E-state index in [2.05, 4.69) is 30.5 Å². The van der Waals surface area contributed by atoms with Crippen molar-refractivity contribution in [2.45, 2.75) is 26.0 Å². The average Bonchev–Trinajstić information content (AvgIpc) is 3.02. The third-order valence-corrected chi connectivity index (χ3v) is 4.67. The lowest BCUT2D eigenvalue weighted by Crippen LogP contribution is -2.35. The van der Waals surface area contributed by atoms with E-state index in [9.17, 15) is 9.90 Å². The molecule has 0 aliphatic carbocycles. The fourth-order valence-electron chi connectivity index (χ4n) is 2.18. The summed E-state index contributed by atoms with van der Waals surface area (Å²) in [6.07, 6.45) is -0.644. The molecule has 5 nitrogen and oxygen atoms in total. The number of hydrogen-bond donors (Lipinski definition) is 4. The molecule has 0 radical (unpaired) electrons. The highest BCUT2D eigenvalue weighted by atomic mass is 32.1. The zero-order valence-corrected chi connectivity index (χ0v) is 14.2. The van der Waals surface area contributed by atoms with E-state index < -0.39 is 12.0 Å². The van der Waals surface area contributed by atoms with Crippen LogP contribution in [0.15, 0.2) is 35.7 Å². The number of rotatable bonds is 8. The van der Waals surface area contributed by atoms with Gasteiger partial charge in [-0.25, -0.2) is 0 Å². The summed E-state index contributed by atoms with van der Waals surface area (Å²) in [5.74, 6) is -0.469. The van der Waals surface area contributed by atoms with Crippen molar-refractivity contribution in [1.82, 2.24) is 5.32 Å². The first kappa shape index (κ1) is 17.5. The SMILES string of the molecule is Cc1ccccc1NCC(C)NCC(O)c1cc(C(N)=O)cs1. The summed E-state index contributed by atoms with van der Waals surface area (Å²) in [6, 6.07) is 9.98. The zero-order chi connectivity index (χ0) is 16.8. The fraction of sp³-hybridized carbons (Fsp3) is 0.353. The van der Waals surface area contributed by atoms with Gasteiger partial charge in [-0.3, -0.25) is 4.79 Å². The van der Waals surface area contributed by atoms with Gasteiger partial charge in [0, 0.05) is 35.1 Å². The first-order chi connectivity index (χ1) is 11.0. The van der Waals surface area contributed by atoms with E-state index in [4.69, 9.17) is 5.73 Å². The van der Waals surface area contributed by atoms with Gasteiger partial charge in [0.05, 0.1) is 5.56 Å². The largest absolute Gasteiger partial charge is 0.386 e. The van der Waals surface area contributed by atoms with E-state index in [-0.39, 0.29) is 6.04 Å². The van der Waals surface area contributed by atoms with Crippen LogP contribution in [0, 0.1) is 6.92 Å². The minimum atomic E-state index is -0.644. The second kappa shape index (κ2) is 8.10. The van der Waals surface area contributed by atoms with Gasteiger partial charge in [0.25, 0.3) is 0 Å². The van der Waals surface area contributed by atoms with Crippen molar-refractivity contribution >= 4 is 22.9 Å². The van der Waals surface area contributed by atoms with Crippen molar-refractivity contribution < 1.29 is 9.90 Å². The van der Waals surface area contributed by atoms with Crippen LogP contribution in [0.1, 0.15) is 33.8 Å². The van der Waals surface area contributed by atoms with Crippen molar-refractivity contribution in [3.8, 4) is 0 Å². The Morgan fingerprint density at radius 2 is 2.09 bits per heavy atom. The van der Waals surface area contributed by atoms with Gasteiger partial charge in [0.1, 0.15) is 6.10 Å². The maximum Gasteiger partial charge on any atom is 0.249 e. The van der Waals surface area contributed by atoms with Crippen LogP contribution < -0.4 is 16.4 Å². The summed E-state index contributed by atoms with van der Waals surface area (Å²) in [5.41, 5.74) is 7.98. The average molecular weight is 333 g/mol. The molecule has 2 atom stereocenters. The van der Waals surface area contributed by atoms with E-state index in [1.54, 1.807) is 11.4 Å². The Hall–Kier alpha value is -1.89. The third kappa shape index (κ3) is 5.06. The van der Waals surface area contributed by atoms with Crippen LogP contribution in [0.25, 0.3) is 0 Å². The number of nitrogens with two attached hydrogens (primary N) is 1. The second-order valence-electron chi connectivity index (χ2n) is 5.62. The number of benzene rings is 1. The second-order valence-corrected chi connectivity index (χ2v) is 6.57. The van der Waals surface area contributed by atoms with Crippen molar-refractivity contribution in [2.24, 2.45) is 5.73 Å². The smallest absolute Gasteiger partial charge is 0.249 e. The molecule has 23 heavy (non-hydrogen) atoms. The molecule has 0 saturated carbocycles. The number of aryl methyl sites for hydroxylation is 1. The lowest BCUT2D eigenvalue weighted by atomic mass is 10.2. The summed E-state index contributed by atoms with van der Waals surface area (Å²) < 4.78 is 0. The molecule has 5 N–H and O–H groups in total. The van der Waals surface area contributed by atoms with Gasteiger partial charge in [-0.05, 0) is 31.5 Å². The lowest BCUT2D eigenvalue weighted by molar-refractivity contribution is 0.100. The topological polar surface area (TPSA) is 87.4 Å². The van der Waals surface area contributed by atoms with Gasteiger partial charge in [-0.1, -0.05) is 18.2 Å². The summed E-state index contributed by atoms with van der Waals surface area (Å²) in [7, 11) is 0. The first-order valence-corrected chi connectivity index (χ1v) is 8.44. The molecule has 0 aliphatic rings. The standard InChI is InChI=1S/C17H23N3O2S/c1-11-5-3-4-6-14(11)20-8-12(2)19-9-15(21)16-7-13(10-23-16)17(18)22/h3-7,10,12,15,19-21H,8-9H2,1-2H3,(H2,18,22). The van der Waals surface area contributed by atoms with E-state index in [1.807, 2.05) is 18.2 Å². The van der Waals surface area contributed by atoms with Gasteiger partial charge >= 0.3 is 0 Å². The number of hydrogen-bond acceptors (Lipinski definition) is 5. The number of primary amides is 1. The number of amides is 1. The van der Waals surface area contributed by atoms with E-state index in [1.165, 1.54) is 16.9 Å². The van der Waals surface area contributed by atoms with Crippen molar-refractivity contribution in [2.75, 3.05) is 18.4 Å². The highest BCUT2D eigenvalue weighted by molar-refractivity contribution is 7.10. The number of nitrogens with one attached hydrogen (secondary N) is 2. The quantitative estimate of drug-likeness (QED) is 0.597. The number of thiophene rings is 1. The van der Waals surface area contributed by atoms with Crippen LogP contribution >= 0.6 is 11.3 Å². The summed E-state index contributed by atoms with van der Waals surface area (Å²) in [5, 5.41) is 18.5. The monoisotopic (exact) mass is 333 g/mol. The van der Waals surface area contributed by atoms with Crippen molar-refractivity contribution in [3.63, 3.8) is 0 Å². The predicted octanol–water partition coefficient (Wildman–Crippen LogP) is 2.28. The number of aliphatic hydroxyl groups is 1. The van der Waals surface area contributed by atoms with Crippen LogP contribution in [0.4, 0.5) is 5.69 Å². The van der Waals surface area contributed by atoms with Gasteiger partial charge in [0.15, 0.2) is 0 Å². The molecule has 2 rings (SSSR count). The summed E-state index contributed by atoms with van der Waals surface area (Å²) >= 11 is 1.34. The zero-order valence-electron chi connectivity index (χ0n) is 13.4. The number of carbonyl (C=O) groups excluding carboxylic acids is 1. The Labute approximate surface area is 140 Å². The van der Waals surface area contributed by atoms with Crippen LogP contribution in [0.3, 0.4) is 0 Å². The van der Waals surface area contributed by atoms with Crippen LogP contribution in [-0.4, -0.2) is 30.1 Å². The van der Waals surface area contributed by atoms with E-state index in [0.29, 0.717) is 12.1 Å². The van der Waals surface area contributed by atoms with Gasteiger partial charge in [-0.2, -0.15) is 0 Å².